The van der Waals surface area contributed by atoms with Gasteiger partial charge in [0.2, 0.25) is 0 Å². The maximum atomic E-state index is 13.5. The van der Waals surface area contributed by atoms with Crippen LogP contribution in [0.4, 0.5) is 8.78 Å². The molecule has 0 aliphatic carbocycles. The van der Waals surface area contributed by atoms with Crippen LogP contribution in [0.25, 0.3) is 0 Å². The highest BCUT2D eigenvalue weighted by molar-refractivity contribution is 6.01. The van der Waals surface area contributed by atoms with E-state index in [2.05, 4.69) is 11.7 Å². The number of rotatable bonds is 6. The number of benzene rings is 1. The number of ether oxygens (including phenoxy) is 1. The Morgan fingerprint density at radius 2 is 2.28 bits per heavy atom. The highest BCUT2D eigenvalue weighted by Crippen LogP contribution is 2.13. The second kappa shape index (κ2) is 6.86. The van der Waals surface area contributed by atoms with Crippen LogP contribution in [0.2, 0.25) is 0 Å². The zero-order valence-electron chi connectivity index (χ0n) is 10.1. The SMILES string of the molecule is C=CC(CC)OCC(=NO)c1cccc(F)c1F. The number of nitrogens with zero attached hydrogens (tertiary/aromatic N) is 1. The molecule has 0 aromatic heterocycles. The molecule has 1 aromatic rings. The summed E-state index contributed by atoms with van der Waals surface area (Å²) < 4.78 is 31.9. The first kappa shape index (κ1) is 14.3. The smallest absolute Gasteiger partial charge is 0.168 e. The Bertz CT molecular complexity index is 447. The molecule has 5 heteroatoms. The third-order valence-corrected chi connectivity index (χ3v) is 2.48. The Kier molecular flexibility index (Phi) is 5.45. The lowest BCUT2D eigenvalue weighted by Crippen LogP contribution is -2.18. The molecule has 1 rings (SSSR count). The van der Waals surface area contributed by atoms with E-state index in [0.717, 1.165) is 6.07 Å². The molecule has 0 heterocycles. The Hall–Kier alpha value is -1.75. The molecule has 0 aliphatic rings. The van der Waals surface area contributed by atoms with Crippen LogP contribution in [-0.2, 0) is 4.74 Å². The molecule has 0 saturated carbocycles. The molecule has 1 N–H and O–H groups in total. The fraction of sp³-hybridized carbons (Fsp3) is 0.308. The van der Waals surface area contributed by atoms with E-state index >= 15 is 0 Å². The van der Waals surface area contributed by atoms with Crippen molar-refractivity contribution in [2.24, 2.45) is 5.16 Å². The monoisotopic (exact) mass is 255 g/mol. The predicted molar refractivity (Wildman–Crippen MR) is 64.9 cm³/mol. The Labute approximate surface area is 104 Å². The van der Waals surface area contributed by atoms with Gasteiger partial charge < -0.3 is 9.94 Å². The second-order valence-electron chi connectivity index (χ2n) is 3.64. The highest BCUT2D eigenvalue weighted by Gasteiger charge is 2.15. The van der Waals surface area contributed by atoms with Crippen molar-refractivity contribution < 1.29 is 18.7 Å². The van der Waals surface area contributed by atoms with Crippen LogP contribution in [-0.4, -0.2) is 23.6 Å². The molecule has 0 spiro atoms. The van der Waals surface area contributed by atoms with Crippen molar-refractivity contribution in [3.8, 4) is 0 Å². The predicted octanol–water partition coefficient (Wildman–Crippen LogP) is 3.12. The van der Waals surface area contributed by atoms with Gasteiger partial charge in [0.05, 0.1) is 12.7 Å². The van der Waals surface area contributed by atoms with Gasteiger partial charge in [-0.2, -0.15) is 0 Å². The molecular formula is C13H15F2NO2. The van der Waals surface area contributed by atoms with E-state index in [0.29, 0.717) is 6.42 Å². The lowest BCUT2D eigenvalue weighted by atomic mass is 10.1. The summed E-state index contributed by atoms with van der Waals surface area (Å²) in [7, 11) is 0. The molecule has 1 atom stereocenters. The van der Waals surface area contributed by atoms with Crippen LogP contribution in [0.5, 0.6) is 0 Å². The molecule has 1 aromatic carbocycles. The van der Waals surface area contributed by atoms with Gasteiger partial charge in [-0.1, -0.05) is 24.2 Å². The molecule has 1 unspecified atom stereocenters. The lowest BCUT2D eigenvalue weighted by molar-refractivity contribution is 0.113. The Morgan fingerprint density at radius 3 is 2.83 bits per heavy atom. The first-order chi connectivity index (χ1) is 8.63. The van der Waals surface area contributed by atoms with Crippen molar-refractivity contribution in [2.45, 2.75) is 19.4 Å². The van der Waals surface area contributed by atoms with E-state index in [1.807, 2.05) is 6.92 Å². The molecule has 0 saturated heterocycles. The Balaban J connectivity index is 2.85. The van der Waals surface area contributed by atoms with E-state index in [1.54, 1.807) is 6.08 Å². The van der Waals surface area contributed by atoms with Crippen molar-refractivity contribution in [1.29, 1.82) is 0 Å². The maximum Gasteiger partial charge on any atom is 0.168 e. The fourth-order valence-corrected chi connectivity index (χ4v) is 1.43. The van der Waals surface area contributed by atoms with Gasteiger partial charge in [0.25, 0.3) is 0 Å². The first-order valence-corrected chi connectivity index (χ1v) is 5.53. The molecular weight excluding hydrogens is 240 g/mol. The average molecular weight is 255 g/mol. The number of hydrogen-bond donors (Lipinski definition) is 1. The van der Waals surface area contributed by atoms with Gasteiger partial charge in [0.15, 0.2) is 11.6 Å². The minimum atomic E-state index is -1.06. The average Bonchev–Trinajstić information content (AvgIpc) is 2.39. The summed E-state index contributed by atoms with van der Waals surface area (Å²) in [6.45, 7) is 5.35. The molecule has 0 amide bonds. The third-order valence-electron chi connectivity index (χ3n) is 2.48. The minimum absolute atomic E-state index is 0.0627. The summed E-state index contributed by atoms with van der Waals surface area (Å²) in [5, 5.41) is 11.8. The summed E-state index contributed by atoms with van der Waals surface area (Å²) in [5.74, 6) is -2.05. The van der Waals surface area contributed by atoms with Crippen molar-refractivity contribution in [3.63, 3.8) is 0 Å². The number of oxime groups is 1. The van der Waals surface area contributed by atoms with E-state index in [1.165, 1.54) is 12.1 Å². The van der Waals surface area contributed by atoms with Crippen molar-refractivity contribution in [2.75, 3.05) is 6.61 Å². The zero-order valence-corrected chi connectivity index (χ0v) is 10.1. The second-order valence-corrected chi connectivity index (χ2v) is 3.64. The number of hydrogen-bond acceptors (Lipinski definition) is 3. The van der Waals surface area contributed by atoms with Crippen LogP contribution < -0.4 is 0 Å². The van der Waals surface area contributed by atoms with Crippen LogP contribution in [0.3, 0.4) is 0 Å². The van der Waals surface area contributed by atoms with Gasteiger partial charge in [0, 0.05) is 5.56 Å². The fourth-order valence-electron chi connectivity index (χ4n) is 1.43. The van der Waals surface area contributed by atoms with Crippen molar-refractivity contribution in [1.82, 2.24) is 0 Å². The third kappa shape index (κ3) is 3.37. The molecule has 3 nitrogen and oxygen atoms in total. The van der Waals surface area contributed by atoms with Crippen LogP contribution >= 0.6 is 0 Å². The normalized spacial score (nSPS) is 13.4. The lowest BCUT2D eigenvalue weighted by Gasteiger charge is -2.12. The quantitative estimate of drug-likeness (QED) is 0.367. The van der Waals surface area contributed by atoms with Gasteiger partial charge in [-0.25, -0.2) is 8.78 Å². The van der Waals surface area contributed by atoms with Crippen LogP contribution in [0.1, 0.15) is 18.9 Å². The van der Waals surface area contributed by atoms with Gasteiger partial charge in [-0.15, -0.1) is 6.58 Å². The van der Waals surface area contributed by atoms with Gasteiger partial charge in [-0.05, 0) is 18.6 Å². The standard InChI is InChI=1S/C13H15F2NO2/c1-3-9(4-2)18-8-12(16-17)10-6-5-7-11(14)13(10)15/h3,5-7,9,17H,1,4,8H2,2H3. The van der Waals surface area contributed by atoms with Gasteiger partial charge in [-0.3, -0.25) is 0 Å². The summed E-state index contributed by atoms with van der Waals surface area (Å²) >= 11 is 0. The largest absolute Gasteiger partial charge is 0.411 e. The van der Waals surface area contributed by atoms with Crippen molar-refractivity contribution in [3.05, 3.63) is 48.1 Å². The first-order valence-electron chi connectivity index (χ1n) is 5.53. The molecule has 98 valence electrons. The number of halogens is 2. The maximum absolute atomic E-state index is 13.5. The molecule has 0 aliphatic heterocycles. The molecule has 0 bridgehead atoms. The molecule has 0 radical (unpaired) electrons. The molecule has 0 fully saturated rings. The summed E-state index contributed by atoms with van der Waals surface area (Å²) in [6.07, 6.45) is 2.06. The highest BCUT2D eigenvalue weighted by atomic mass is 19.2. The van der Waals surface area contributed by atoms with E-state index in [4.69, 9.17) is 9.94 Å². The summed E-state index contributed by atoms with van der Waals surface area (Å²) in [4.78, 5) is 0. The topological polar surface area (TPSA) is 41.8 Å². The van der Waals surface area contributed by atoms with E-state index in [9.17, 15) is 8.78 Å². The molecule has 18 heavy (non-hydrogen) atoms. The van der Waals surface area contributed by atoms with Crippen LogP contribution in [0.15, 0.2) is 36.0 Å². The van der Waals surface area contributed by atoms with E-state index < -0.39 is 11.6 Å². The van der Waals surface area contributed by atoms with E-state index in [-0.39, 0.29) is 24.0 Å². The van der Waals surface area contributed by atoms with Gasteiger partial charge >= 0.3 is 0 Å². The van der Waals surface area contributed by atoms with Crippen LogP contribution in [0, 0.1) is 11.6 Å². The summed E-state index contributed by atoms with van der Waals surface area (Å²) in [5.41, 5.74) is -0.177. The summed E-state index contributed by atoms with van der Waals surface area (Å²) in [6, 6.07) is 3.66. The zero-order chi connectivity index (χ0) is 13.5. The Morgan fingerprint density at radius 1 is 1.56 bits per heavy atom. The van der Waals surface area contributed by atoms with Gasteiger partial charge in [0.1, 0.15) is 5.71 Å². The van der Waals surface area contributed by atoms with Crippen molar-refractivity contribution >= 4 is 5.71 Å². The minimum Gasteiger partial charge on any atom is -0.411 e.